The lowest BCUT2D eigenvalue weighted by molar-refractivity contribution is 0.627. The van der Waals surface area contributed by atoms with Crippen LogP contribution >= 0.6 is 12.4 Å². The lowest BCUT2D eigenvalue weighted by atomic mass is 10.1. The molecule has 1 aliphatic heterocycles. The van der Waals surface area contributed by atoms with Gasteiger partial charge < -0.3 is 10.2 Å². The van der Waals surface area contributed by atoms with Gasteiger partial charge in [-0.25, -0.2) is 9.37 Å². The summed E-state index contributed by atoms with van der Waals surface area (Å²) in [5.41, 5.74) is 4.55. The van der Waals surface area contributed by atoms with Crippen molar-refractivity contribution in [3.8, 4) is 0 Å². The monoisotopic (exact) mass is 406 g/mol. The SMILES string of the molecule is Cl.Fc1ccc(CNc2nc(N3Cc4ccccc4C3)nc3ccccc23)cc1. The van der Waals surface area contributed by atoms with Crippen molar-refractivity contribution in [2.75, 3.05) is 10.2 Å². The average Bonchev–Trinajstić information content (AvgIpc) is 3.17. The summed E-state index contributed by atoms with van der Waals surface area (Å²) < 4.78 is 13.1. The number of nitrogens with zero attached hydrogens (tertiary/aromatic N) is 3. The second-order valence-electron chi connectivity index (χ2n) is 6.99. The van der Waals surface area contributed by atoms with Gasteiger partial charge in [-0.2, -0.15) is 4.98 Å². The Bertz CT molecular complexity index is 1120. The highest BCUT2D eigenvalue weighted by Gasteiger charge is 2.21. The standard InChI is InChI=1S/C23H19FN4.ClH/c24-19-11-9-16(10-12-19)13-25-22-20-7-3-4-8-21(20)26-23(27-22)28-14-17-5-1-2-6-18(17)15-28;/h1-12H,13-15H2,(H,25,26,27);1H. The van der Waals surface area contributed by atoms with E-state index in [1.54, 1.807) is 12.1 Å². The van der Waals surface area contributed by atoms with Crippen LogP contribution in [0.1, 0.15) is 16.7 Å². The van der Waals surface area contributed by atoms with Crippen LogP contribution in [-0.2, 0) is 19.6 Å². The Kier molecular flexibility index (Phi) is 5.32. The van der Waals surface area contributed by atoms with Gasteiger partial charge in [0.2, 0.25) is 5.95 Å². The molecule has 6 heteroatoms. The molecular weight excluding hydrogens is 387 g/mol. The summed E-state index contributed by atoms with van der Waals surface area (Å²) in [6, 6.07) is 23.0. The molecule has 0 unspecified atom stereocenters. The maximum atomic E-state index is 13.1. The Labute approximate surface area is 174 Å². The molecule has 0 radical (unpaired) electrons. The summed E-state index contributed by atoms with van der Waals surface area (Å²) in [4.78, 5) is 11.8. The molecule has 3 aromatic carbocycles. The fourth-order valence-corrected chi connectivity index (χ4v) is 3.60. The van der Waals surface area contributed by atoms with E-state index in [9.17, 15) is 4.39 Å². The molecule has 146 valence electrons. The van der Waals surface area contributed by atoms with Crippen LogP contribution in [0, 0.1) is 5.82 Å². The summed E-state index contributed by atoms with van der Waals surface area (Å²) in [7, 11) is 0. The van der Waals surface area contributed by atoms with Gasteiger partial charge in [0.15, 0.2) is 0 Å². The molecule has 0 atom stereocenters. The van der Waals surface area contributed by atoms with Crippen LogP contribution in [0.5, 0.6) is 0 Å². The fourth-order valence-electron chi connectivity index (χ4n) is 3.60. The Hall–Kier alpha value is -3.18. The second-order valence-corrected chi connectivity index (χ2v) is 6.99. The first-order valence-corrected chi connectivity index (χ1v) is 9.33. The third-order valence-electron chi connectivity index (χ3n) is 5.09. The molecule has 29 heavy (non-hydrogen) atoms. The Balaban J connectivity index is 0.00000205. The largest absolute Gasteiger partial charge is 0.365 e. The molecule has 4 aromatic rings. The number of fused-ring (bicyclic) bond motifs is 2. The number of rotatable bonds is 4. The first-order chi connectivity index (χ1) is 13.8. The van der Waals surface area contributed by atoms with Gasteiger partial charge >= 0.3 is 0 Å². The first kappa shape index (κ1) is 19.2. The van der Waals surface area contributed by atoms with E-state index in [-0.39, 0.29) is 18.2 Å². The summed E-state index contributed by atoms with van der Waals surface area (Å²) >= 11 is 0. The van der Waals surface area contributed by atoms with Gasteiger partial charge in [0.1, 0.15) is 11.6 Å². The maximum Gasteiger partial charge on any atom is 0.228 e. The van der Waals surface area contributed by atoms with Gasteiger partial charge in [0.25, 0.3) is 0 Å². The van der Waals surface area contributed by atoms with E-state index in [1.807, 2.05) is 24.3 Å². The Morgan fingerprint density at radius 3 is 2.21 bits per heavy atom. The zero-order chi connectivity index (χ0) is 18.9. The molecule has 2 heterocycles. The van der Waals surface area contributed by atoms with Crippen molar-refractivity contribution in [3.63, 3.8) is 0 Å². The van der Waals surface area contributed by atoms with Crippen molar-refractivity contribution in [3.05, 3.63) is 95.3 Å². The van der Waals surface area contributed by atoms with Crippen LogP contribution in [0.4, 0.5) is 16.2 Å². The van der Waals surface area contributed by atoms with Crippen molar-refractivity contribution < 1.29 is 4.39 Å². The van der Waals surface area contributed by atoms with E-state index >= 15 is 0 Å². The van der Waals surface area contributed by atoms with Gasteiger partial charge in [-0.05, 0) is 41.0 Å². The summed E-state index contributed by atoms with van der Waals surface area (Å²) in [6.07, 6.45) is 0. The summed E-state index contributed by atoms with van der Waals surface area (Å²) in [6.45, 7) is 2.19. The number of aromatic nitrogens is 2. The van der Waals surface area contributed by atoms with Gasteiger partial charge in [-0.3, -0.25) is 0 Å². The molecule has 0 aliphatic carbocycles. The molecule has 0 saturated carbocycles. The van der Waals surface area contributed by atoms with Gasteiger partial charge in [0, 0.05) is 25.0 Å². The van der Waals surface area contributed by atoms with Crippen molar-refractivity contribution >= 4 is 35.1 Å². The van der Waals surface area contributed by atoms with E-state index < -0.39 is 0 Å². The van der Waals surface area contributed by atoms with E-state index in [1.165, 1.54) is 23.3 Å². The first-order valence-electron chi connectivity index (χ1n) is 9.33. The van der Waals surface area contributed by atoms with Crippen LogP contribution < -0.4 is 10.2 Å². The smallest absolute Gasteiger partial charge is 0.228 e. The van der Waals surface area contributed by atoms with Crippen LogP contribution in [0.2, 0.25) is 0 Å². The van der Waals surface area contributed by atoms with Gasteiger partial charge in [-0.15, -0.1) is 12.4 Å². The quantitative estimate of drug-likeness (QED) is 0.497. The highest BCUT2D eigenvalue weighted by Crippen LogP contribution is 2.29. The van der Waals surface area contributed by atoms with E-state index in [4.69, 9.17) is 9.97 Å². The number of hydrogen-bond donors (Lipinski definition) is 1. The molecule has 5 rings (SSSR count). The highest BCUT2D eigenvalue weighted by molar-refractivity contribution is 5.90. The Morgan fingerprint density at radius 1 is 0.828 bits per heavy atom. The third-order valence-corrected chi connectivity index (χ3v) is 5.09. The molecule has 0 amide bonds. The van der Waals surface area contributed by atoms with Crippen LogP contribution in [0.25, 0.3) is 10.9 Å². The molecule has 1 N–H and O–H groups in total. The lowest BCUT2D eigenvalue weighted by Gasteiger charge is -2.18. The number of halogens is 2. The normalized spacial score (nSPS) is 12.5. The number of anilines is 2. The molecule has 1 aromatic heterocycles. The van der Waals surface area contributed by atoms with Gasteiger partial charge in [-0.1, -0.05) is 48.5 Å². The van der Waals surface area contributed by atoms with Crippen LogP contribution in [0.3, 0.4) is 0 Å². The van der Waals surface area contributed by atoms with Crippen molar-refractivity contribution in [2.45, 2.75) is 19.6 Å². The molecule has 1 aliphatic rings. The molecule has 0 saturated heterocycles. The second kappa shape index (κ2) is 8.05. The van der Waals surface area contributed by atoms with Crippen molar-refractivity contribution in [2.24, 2.45) is 0 Å². The van der Waals surface area contributed by atoms with Gasteiger partial charge in [0.05, 0.1) is 5.52 Å². The molecule has 4 nitrogen and oxygen atoms in total. The number of benzene rings is 3. The van der Waals surface area contributed by atoms with Crippen LogP contribution in [-0.4, -0.2) is 9.97 Å². The molecule has 0 spiro atoms. The minimum atomic E-state index is -0.230. The maximum absolute atomic E-state index is 13.1. The minimum Gasteiger partial charge on any atom is -0.365 e. The average molecular weight is 407 g/mol. The predicted molar refractivity (Wildman–Crippen MR) is 117 cm³/mol. The van der Waals surface area contributed by atoms with Crippen molar-refractivity contribution in [1.82, 2.24) is 9.97 Å². The fraction of sp³-hybridized carbons (Fsp3) is 0.130. The number of para-hydroxylation sites is 1. The number of nitrogens with one attached hydrogen (secondary N) is 1. The topological polar surface area (TPSA) is 41.1 Å². The minimum absolute atomic E-state index is 0. The van der Waals surface area contributed by atoms with Crippen LogP contribution in [0.15, 0.2) is 72.8 Å². The summed E-state index contributed by atoms with van der Waals surface area (Å²) in [5, 5.41) is 4.39. The van der Waals surface area contributed by atoms with E-state index in [0.717, 1.165) is 41.3 Å². The number of hydrogen-bond acceptors (Lipinski definition) is 4. The molecule has 0 fully saturated rings. The van der Waals surface area contributed by atoms with E-state index in [2.05, 4.69) is 34.5 Å². The predicted octanol–water partition coefficient (Wildman–Crippen LogP) is 5.32. The highest BCUT2D eigenvalue weighted by atomic mass is 35.5. The summed E-state index contributed by atoms with van der Waals surface area (Å²) in [5.74, 6) is 1.28. The Morgan fingerprint density at radius 2 is 1.48 bits per heavy atom. The molecular formula is C23H20ClFN4. The third kappa shape index (κ3) is 3.87. The van der Waals surface area contributed by atoms with Crippen molar-refractivity contribution in [1.29, 1.82) is 0 Å². The molecule has 0 bridgehead atoms. The van der Waals surface area contributed by atoms with E-state index in [0.29, 0.717) is 6.54 Å². The zero-order valence-electron chi connectivity index (χ0n) is 15.7. The lowest BCUT2D eigenvalue weighted by Crippen LogP contribution is -2.18. The zero-order valence-corrected chi connectivity index (χ0v) is 16.5.